The van der Waals surface area contributed by atoms with Gasteiger partial charge in [-0.2, -0.15) is 0 Å². The van der Waals surface area contributed by atoms with Crippen molar-refractivity contribution in [2.45, 2.75) is 26.2 Å². The lowest BCUT2D eigenvalue weighted by molar-refractivity contribution is 0.0943. The summed E-state index contributed by atoms with van der Waals surface area (Å²) >= 11 is 3.35. The number of nitrogen functional groups attached to an aromatic ring is 1. The Morgan fingerprint density at radius 2 is 2.10 bits per heavy atom. The lowest BCUT2D eigenvalue weighted by atomic mass is 10.1. The summed E-state index contributed by atoms with van der Waals surface area (Å²) in [4.78, 5) is 14.6. The van der Waals surface area contributed by atoms with Crippen molar-refractivity contribution in [1.29, 1.82) is 0 Å². The SMILES string of the molecule is CC(CNC(=O)c1ccc(Br)cc1N)CN1CCCCC1. The first kappa shape index (κ1) is 16.3. The number of piperidine rings is 1. The van der Waals surface area contributed by atoms with Gasteiger partial charge in [-0.05, 0) is 50.0 Å². The third-order valence-corrected chi connectivity index (χ3v) is 4.38. The third-order valence-electron chi connectivity index (χ3n) is 3.89. The third kappa shape index (κ3) is 5.00. The molecule has 2 rings (SSSR count). The van der Waals surface area contributed by atoms with Crippen LogP contribution in [0.2, 0.25) is 0 Å². The minimum absolute atomic E-state index is 0.0921. The Bertz CT molecular complexity index is 486. The number of anilines is 1. The fourth-order valence-electron chi connectivity index (χ4n) is 2.75. The molecule has 1 aliphatic heterocycles. The van der Waals surface area contributed by atoms with Crippen LogP contribution in [-0.4, -0.2) is 37.0 Å². The summed E-state index contributed by atoms with van der Waals surface area (Å²) in [5.41, 5.74) is 6.93. The molecule has 1 fully saturated rings. The summed E-state index contributed by atoms with van der Waals surface area (Å²) in [6, 6.07) is 5.35. The molecule has 0 aliphatic carbocycles. The van der Waals surface area contributed by atoms with Gasteiger partial charge >= 0.3 is 0 Å². The van der Waals surface area contributed by atoms with E-state index < -0.39 is 0 Å². The van der Waals surface area contributed by atoms with Crippen LogP contribution in [-0.2, 0) is 0 Å². The first-order valence-electron chi connectivity index (χ1n) is 7.62. The molecule has 1 aromatic carbocycles. The molecule has 1 atom stereocenters. The molecular weight excluding hydrogens is 330 g/mol. The average Bonchev–Trinajstić information content (AvgIpc) is 2.46. The Hall–Kier alpha value is -1.07. The van der Waals surface area contributed by atoms with Gasteiger partial charge in [0.05, 0.1) is 5.56 Å². The van der Waals surface area contributed by atoms with Crippen molar-refractivity contribution in [1.82, 2.24) is 10.2 Å². The highest BCUT2D eigenvalue weighted by molar-refractivity contribution is 9.10. The van der Waals surface area contributed by atoms with Crippen molar-refractivity contribution in [3.63, 3.8) is 0 Å². The topological polar surface area (TPSA) is 58.4 Å². The molecule has 1 saturated heterocycles. The van der Waals surface area contributed by atoms with Gasteiger partial charge in [-0.25, -0.2) is 0 Å². The molecule has 0 bridgehead atoms. The maximum Gasteiger partial charge on any atom is 0.253 e. The quantitative estimate of drug-likeness (QED) is 0.800. The second-order valence-electron chi connectivity index (χ2n) is 5.91. The predicted molar refractivity (Wildman–Crippen MR) is 90.3 cm³/mol. The second kappa shape index (κ2) is 7.80. The summed E-state index contributed by atoms with van der Waals surface area (Å²) in [6.45, 7) is 6.30. The molecule has 116 valence electrons. The van der Waals surface area contributed by atoms with Gasteiger partial charge in [-0.1, -0.05) is 29.3 Å². The normalized spacial score (nSPS) is 17.4. The van der Waals surface area contributed by atoms with E-state index in [1.807, 2.05) is 6.07 Å². The summed E-state index contributed by atoms with van der Waals surface area (Å²) < 4.78 is 0.884. The zero-order valence-corrected chi connectivity index (χ0v) is 14.2. The van der Waals surface area contributed by atoms with Crippen molar-refractivity contribution in [3.8, 4) is 0 Å². The van der Waals surface area contributed by atoms with Gasteiger partial charge in [0.25, 0.3) is 5.91 Å². The molecular formula is C16H24BrN3O. The Morgan fingerprint density at radius 3 is 2.76 bits per heavy atom. The highest BCUT2D eigenvalue weighted by Gasteiger charge is 2.15. The predicted octanol–water partition coefficient (Wildman–Crippen LogP) is 2.88. The van der Waals surface area contributed by atoms with Gasteiger partial charge in [-0.15, -0.1) is 0 Å². The lowest BCUT2D eigenvalue weighted by Crippen LogP contribution is -2.38. The maximum absolute atomic E-state index is 12.2. The number of nitrogens with zero attached hydrogens (tertiary/aromatic N) is 1. The summed E-state index contributed by atoms with van der Waals surface area (Å²) in [5.74, 6) is 0.356. The van der Waals surface area contributed by atoms with E-state index in [9.17, 15) is 4.79 Å². The van der Waals surface area contributed by atoms with Crippen LogP contribution < -0.4 is 11.1 Å². The van der Waals surface area contributed by atoms with Gasteiger partial charge in [0, 0.05) is 23.2 Å². The number of hydrogen-bond donors (Lipinski definition) is 2. The van der Waals surface area contributed by atoms with Crippen LogP contribution in [0.5, 0.6) is 0 Å². The van der Waals surface area contributed by atoms with Crippen molar-refractivity contribution in [2.24, 2.45) is 5.92 Å². The molecule has 4 nitrogen and oxygen atoms in total. The number of halogens is 1. The van der Waals surface area contributed by atoms with Crippen molar-refractivity contribution in [2.75, 3.05) is 31.9 Å². The van der Waals surface area contributed by atoms with Gasteiger partial charge in [0.1, 0.15) is 0 Å². The van der Waals surface area contributed by atoms with Crippen LogP contribution in [0.3, 0.4) is 0 Å². The number of nitrogens with one attached hydrogen (secondary N) is 1. The van der Waals surface area contributed by atoms with E-state index in [1.165, 1.54) is 32.4 Å². The van der Waals surface area contributed by atoms with E-state index in [0.717, 1.165) is 11.0 Å². The first-order valence-corrected chi connectivity index (χ1v) is 8.41. The molecule has 0 saturated carbocycles. The number of amides is 1. The van der Waals surface area contributed by atoms with Gasteiger partial charge in [-0.3, -0.25) is 4.79 Å². The first-order chi connectivity index (χ1) is 10.1. The number of hydrogen-bond acceptors (Lipinski definition) is 3. The van der Waals surface area contributed by atoms with Crippen molar-refractivity contribution >= 4 is 27.5 Å². The largest absolute Gasteiger partial charge is 0.398 e. The van der Waals surface area contributed by atoms with E-state index >= 15 is 0 Å². The Kier molecular flexibility index (Phi) is 6.06. The van der Waals surface area contributed by atoms with Crippen LogP contribution >= 0.6 is 15.9 Å². The molecule has 1 heterocycles. The monoisotopic (exact) mass is 353 g/mol. The molecule has 1 aromatic rings. The summed E-state index contributed by atoms with van der Waals surface area (Å²) in [7, 11) is 0. The molecule has 0 aromatic heterocycles. The van der Waals surface area contributed by atoms with Crippen molar-refractivity contribution < 1.29 is 4.79 Å². The number of carbonyl (C=O) groups is 1. The number of carbonyl (C=O) groups excluding carboxylic acids is 1. The lowest BCUT2D eigenvalue weighted by Gasteiger charge is -2.29. The van der Waals surface area contributed by atoms with E-state index in [4.69, 9.17) is 5.73 Å². The Morgan fingerprint density at radius 1 is 1.38 bits per heavy atom. The smallest absolute Gasteiger partial charge is 0.253 e. The van der Waals surface area contributed by atoms with Crippen LogP contribution in [0.4, 0.5) is 5.69 Å². The molecule has 21 heavy (non-hydrogen) atoms. The average molecular weight is 354 g/mol. The van der Waals surface area contributed by atoms with Gasteiger partial charge < -0.3 is 16.0 Å². The fraction of sp³-hybridized carbons (Fsp3) is 0.562. The summed E-state index contributed by atoms with van der Waals surface area (Å²) in [6.07, 6.45) is 3.95. The number of rotatable bonds is 5. The van der Waals surface area contributed by atoms with Gasteiger partial charge in [0.15, 0.2) is 0 Å². The van der Waals surface area contributed by atoms with E-state index in [0.29, 0.717) is 23.7 Å². The molecule has 1 unspecified atom stereocenters. The van der Waals surface area contributed by atoms with Crippen molar-refractivity contribution in [3.05, 3.63) is 28.2 Å². The molecule has 3 N–H and O–H groups in total. The minimum Gasteiger partial charge on any atom is -0.398 e. The second-order valence-corrected chi connectivity index (χ2v) is 6.82. The molecule has 5 heteroatoms. The maximum atomic E-state index is 12.2. The standard InChI is InChI=1S/C16H24BrN3O/c1-12(11-20-7-3-2-4-8-20)10-19-16(21)14-6-5-13(17)9-15(14)18/h5-6,9,12H,2-4,7-8,10-11,18H2,1H3,(H,19,21). The Labute approximate surface area is 135 Å². The summed E-state index contributed by atoms with van der Waals surface area (Å²) in [5, 5.41) is 2.99. The van der Waals surface area contributed by atoms with E-state index in [1.54, 1.807) is 12.1 Å². The minimum atomic E-state index is -0.0921. The van der Waals surface area contributed by atoms with Crippen LogP contribution in [0.25, 0.3) is 0 Å². The van der Waals surface area contributed by atoms with Crippen LogP contribution in [0, 0.1) is 5.92 Å². The van der Waals surface area contributed by atoms with E-state index in [2.05, 4.69) is 33.1 Å². The molecule has 0 spiro atoms. The highest BCUT2D eigenvalue weighted by atomic mass is 79.9. The van der Waals surface area contributed by atoms with Crippen LogP contribution in [0.1, 0.15) is 36.5 Å². The number of likely N-dealkylation sites (tertiary alicyclic amines) is 1. The number of nitrogens with two attached hydrogens (primary N) is 1. The number of benzene rings is 1. The fourth-order valence-corrected chi connectivity index (χ4v) is 3.13. The molecule has 0 radical (unpaired) electrons. The zero-order valence-electron chi connectivity index (χ0n) is 12.6. The molecule has 1 aliphatic rings. The molecule has 1 amide bonds. The highest BCUT2D eigenvalue weighted by Crippen LogP contribution is 2.18. The van der Waals surface area contributed by atoms with E-state index in [-0.39, 0.29) is 5.91 Å². The van der Waals surface area contributed by atoms with Crippen LogP contribution in [0.15, 0.2) is 22.7 Å². The zero-order chi connectivity index (χ0) is 15.2. The Balaban J connectivity index is 1.80. The van der Waals surface area contributed by atoms with Gasteiger partial charge in [0.2, 0.25) is 0 Å².